The predicted molar refractivity (Wildman–Crippen MR) is 83.3 cm³/mol. The number of rotatable bonds is 4. The lowest BCUT2D eigenvalue weighted by molar-refractivity contribution is 0.416. The third-order valence-electron chi connectivity index (χ3n) is 3.18. The number of hydrogen-bond donors (Lipinski definition) is 0. The zero-order chi connectivity index (χ0) is 13.8. The van der Waals surface area contributed by atoms with Crippen molar-refractivity contribution in [3.05, 3.63) is 66.2 Å². The Morgan fingerprint density at radius 3 is 2.37 bits per heavy atom. The van der Waals surface area contributed by atoms with Gasteiger partial charge >= 0.3 is 0 Å². The van der Waals surface area contributed by atoms with Crippen LogP contribution in [0.3, 0.4) is 0 Å². The van der Waals surface area contributed by atoms with E-state index >= 15 is 0 Å². The number of benzene rings is 2. The SMILES string of the molecule is C=Cc1cc(C)cc(-c2ccccc2OC)c1C=C. The van der Waals surface area contributed by atoms with Crippen molar-refractivity contribution < 1.29 is 4.74 Å². The van der Waals surface area contributed by atoms with Crippen molar-refractivity contribution in [1.82, 2.24) is 0 Å². The highest BCUT2D eigenvalue weighted by atomic mass is 16.5. The van der Waals surface area contributed by atoms with Crippen molar-refractivity contribution in [2.75, 3.05) is 7.11 Å². The molecule has 0 amide bonds. The maximum atomic E-state index is 5.45. The van der Waals surface area contributed by atoms with Crippen LogP contribution >= 0.6 is 0 Å². The number of aryl methyl sites for hydroxylation is 1. The summed E-state index contributed by atoms with van der Waals surface area (Å²) in [6.07, 6.45) is 3.74. The van der Waals surface area contributed by atoms with Gasteiger partial charge in [0.1, 0.15) is 5.75 Å². The first kappa shape index (κ1) is 13.2. The highest BCUT2D eigenvalue weighted by molar-refractivity contribution is 5.83. The minimum atomic E-state index is 0.867. The molecule has 0 radical (unpaired) electrons. The third-order valence-corrected chi connectivity index (χ3v) is 3.18. The molecule has 0 saturated heterocycles. The van der Waals surface area contributed by atoms with Crippen LogP contribution in [0.2, 0.25) is 0 Å². The maximum absolute atomic E-state index is 5.45. The van der Waals surface area contributed by atoms with Gasteiger partial charge in [-0.05, 0) is 35.2 Å². The monoisotopic (exact) mass is 250 g/mol. The van der Waals surface area contributed by atoms with Gasteiger partial charge in [-0.15, -0.1) is 0 Å². The molecule has 0 fully saturated rings. The van der Waals surface area contributed by atoms with E-state index in [2.05, 4.69) is 38.3 Å². The van der Waals surface area contributed by atoms with Gasteiger partial charge in [0.05, 0.1) is 7.11 Å². The van der Waals surface area contributed by atoms with Crippen molar-refractivity contribution in [3.8, 4) is 16.9 Å². The third kappa shape index (κ3) is 2.45. The van der Waals surface area contributed by atoms with E-state index in [0.717, 1.165) is 28.0 Å². The molecule has 0 aliphatic heterocycles. The lowest BCUT2D eigenvalue weighted by Crippen LogP contribution is -1.93. The van der Waals surface area contributed by atoms with Gasteiger partial charge in [-0.2, -0.15) is 0 Å². The lowest BCUT2D eigenvalue weighted by Gasteiger charge is -2.14. The van der Waals surface area contributed by atoms with Crippen molar-refractivity contribution in [3.63, 3.8) is 0 Å². The van der Waals surface area contributed by atoms with Crippen molar-refractivity contribution >= 4 is 12.2 Å². The molecule has 1 nitrogen and oxygen atoms in total. The summed E-state index contributed by atoms with van der Waals surface area (Å²) in [4.78, 5) is 0. The Balaban J connectivity index is 2.77. The number of methoxy groups -OCH3 is 1. The molecule has 0 bridgehead atoms. The molecule has 0 N–H and O–H groups in total. The summed E-state index contributed by atoms with van der Waals surface area (Å²) in [7, 11) is 1.69. The topological polar surface area (TPSA) is 9.23 Å². The number of para-hydroxylation sites is 1. The van der Waals surface area contributed by atoms with Crippen LogP contribution in [0, 0.1) is 6.92 Å². The van der Waals surface area contributed by atoms with Crippen LogP contribution in [0.4, 0.5) is 0 Å². The summed E-state index contributed by atoms with van der Waals surface area (Å²) in [5.74, 6) is 0.867. The van der Waals surface area contributed by atoms with Crippen LogP contribution in [0.15, 0.2) is 49.6 Å². The predicted octanol–water partition coefficient (Wildman–Crippen LogP) is 4.96. The van der Waals surface area contributed by atoms with Crippen molar-refractivity contribution in [1.29, 1.82) is 0 Å². The Hall–Kier alpha value is -2.28. The van der Waals surface area contributed by atoms with E-state index in [1.54, 1.807) is 7.11 Å². The molecule has 0 aliphatic rings. The quantitative estimate of drug-likeness (QED) is 0.745. The highest BCUT2D eigenvalue weighted by Crippen LogP contribution is 2.35. The first-order valence-electron chi connectivity index (χ1n) is 6.24. The van der Waals surface area contributed by atoms with Gasteiger partial charge in [0.15, 0.2) is 0 Å². The Bertz CT molecular complexity index is 624. The van der Waals surface area contributed by atoms with E-state index < -0.39 is 0 Å². The van der Waals surface area contributed by atoms with Crippen LogP contribution < -0.4 is 4.74 Å². The molecule has 2 rings (SSSR count). The van der Waals surface area contributed by atoms with Gasteiger partial charge in [0, 0.05) is 5.56 Å². The van der Waals surface area contributed by atoms with Gasteiger partial charge in [-0.3, -0.25) is 0 Å². The summed E-state index contributed by atoms with van der Waals surface area (Å²) in [6.45, 7) is 9.88. The molecule has 0 unspecified atom stereocenters. The molecule has 0 aromatic heterocycles. The first-order valence-corrected chi connectivity index (χ1v) is 6.24. The van der Waals surface area contributed by atoms with Crippen molar-refractivity contribution in [2.24, 2.45) is 0 Å². The molecule has 19 heavy (non-hydrogen) atoms. The second-order valence-electron chi connectivity index (χ2n) is 4.42. The molecular weight excluding hydrogens is 232 g/mol. The minimum Gasteiger partial charge on any atom is -0.496 e. The summed E-state index contributed by atoms with van der Waals surface area (Å²) in [6, 6.07) is 12.3. The van der Waals surface area contributed by atoms with E-state index in [9.17, 15) is 0 Å². The largest absolute Gasteiger partial charge is 0.496 e. The second kappa shape index (κ2) is 5.57. The smallest absolute Gasteiger partial charge is 0.126 e. The lowest BCUT2D eigenvalue weighted by atomic mass is 9.92. The van der Waals surface area contributed by atoms with Crippen LogP contribution in [0.5, 0.6) is 5.75 Å². The average Bonchev–Trinajstić information content (AvgIpc) is 2.46. The van der Waals surface area contributed by atoms with Gasteiger partial charge in [-0.1, -0.05) is 55.6 Å². The Kier molecular flexibility index (Phi) is 3.86. The molecule has 0 spiro atoms. The number of ether oxygens (including phenoxy) is 1. The van der Waals surface area contributed by atoms with E-state index in [4.69, 9.17) is 4.74 Å². The van der Waals surface area contributed by atoms with Crippen LogP contribution in [-0.4, -0.2) is 7.11 Å². The maximum Gasteiger partial charge on any atom is 0.126 e. The van der Waals surface area contributed by atoms with E-state index in [1.807, 2.05) is 30.4 Å². The van der Waals surface area contributed by atoms with Crippen LogP contribution in [-0.2, 0) is 0 Å². The Morgan fingerprint density at radius 1 is 1.00 bits per heavy atom. The molecule has 0 heterocycles. The highest BCUT2D eigenvalue weighted by Gasteiger charge is 2.11. The minimum absolute atomic E-state index is 0.867. The van der Waals surface area contributed by atoms with E-state index in [-0.39, 0.29) is 0 Å². The summed E-state index contributed by atoms with van der Waals surface area (Å²) < 4.78 is 5.45. The zero-order valence-electron chi connectivity index (χ0n) is 11.4. The Labute approximate surface area is 114 Å². The van der Waals surface area contributed by atoms with Crippen LogP contribution in [0.1, 0.15) is 16.7 Å². The summed E-state index contributed by atoms with van der Waals surface area (Å²) in [5.41, 5.74) is 5.58. The van der Waals surface area contributed by atoms with Gasteiger partial charge < -0.3 is 4.74 Å². The fourth-order valence-electron chi connectivity index (χ4n) is 2.31. The first-order chi connectivity index (χ1) is 9.21. The number of hydrogen-bond acceptors (Lipinski definition) is 1. The normalized spacial score (nSPS) is 10.0. The molecule has 2 aromatic rings. The molecule has 0 saturated carbocycles. The summed E-state index contributed by atoms with van der Waals surface area (Å²) in [5, 5.41) is 0. The van der Waals surface area contributed by atoms with Gasteiger partial charge in [0.2, 0.25) is 0 Å². The zero-order valence-corrected chi connectivity index (χ0v) is 11.4. The summed E-state index contributed by atoms with van der Waals surface area (Å²) >= 11 is 0. The molecular formula is C18H18O. The van der Waals surface area contributed by atoms with E-state index in [1.165, 1.54) is 5.56 Å². The van der Waals surface area contributed by atoms with E-state index in [0.29, 0.717) is 0 Å². The van der Waals surface area contributed by atoms with Gasteiger partial charge in [0.25, 0.3) is 0 Å². The molecule has 1 heteroatoms. The second-order valence-corrected chi connectivity index (χ2v) is 4.42. The molecule has 96 valence electrons. The Morgan fingerprint density at radius 2 is 1.74 bits per heavy atom. The average molecular weight is 250 g/mol. The van der Waals surface area contributed by atoms with Crippen molar-refractivity contribution in [2.45, 2.75) is 6.92 Å². The van der Waals surface area contributed by atoms with Gasteiger partial charge in [-0.25, -0.2) is 0 Å². The fourth-order valence-corrected chi connectivity index (χ4v) is 2.31. The molecule has 0 atom stereocenters. The molecule has 2 aromatic carbocycles. The molecule has 0 aliphatic carbocycles. The van der Waals surface area contributed by atoms with Crippen LogP contribution in [0.25, 0.3) is 23.3 Å². The fraction of sp³-hybridized carbons (Fsp3) is 0.111. The standard InChI is InChI=1S/C18H18O/c1-5-14-11-13(3)12-17(15(14)6-2)16-9-7-8-10-18(16)19-4/h5-12H,1-2H2,3-4H3.